The molecule has 4 N–H and O–H groups in total. The Hall–Kier alpha value is -2.28. The van der Waals surface area contributed by atoms with E-state index in [1.807, 2.05) is 0 Å². The first-order valence-electron chi connectivity index (χ1n) is 5.61. The average molecular weight is 267 g/mol. The average Bonchev–Trinajstić information content (AvgIpc) is 2.82. The van der Waals surface area contributed by atoms with Crippen LogP contribution in [0.1, 0.15) is 16.8 Å². The largest absolute Gasteiger partial charge is 0.504 e. The van der Waals surface area contributed by atoms with Gasteiger partial charge in [0, 0.05) is 13.0 Å². The molecular formula is C12H13NO6. The van der Waals surface area contributed by atoms with E-state index in [4.69, 9.17) is 4.74 Å². The minimum absolute atomic E-state index is 0.131. The van der Waals surface area contributed by atoms with Crippen molar-refractivity contribution in [2.45, 2.75) is 12.0 Å². The van der Waals surface area contributed by atoms with Crippen molar-refractivity contribution < 1.29 is 29.6 Å². The molecule has 1 unspecified atom stereocenters. The van der Waals surface area contributed by atoms with Crippen LogP contribution in [0.4, 0.5) is 0 Å². The van der Waals surface area contributed by atoms with Gasteiger partial charge in [-0.05, 0) is 12.1 Å². The van der Waals surface area contributed by atoms with Gasteiger partial charge in [-0.15, -0.1) is 0 Å². The molecule has 7 heteroatoms. The van der Waals surface area contributed by atoms with Crippen LogP contribution in [-0.4, -0.2) is 45.9 Å². The number of carbonyl (C=O) groups is 2. The molecular weight excluding hydrogens is 254 g/mol. The first-order valence-corrected chi connectivity index (χ1v) is 5.61. The number of amides is 1. The molecule has 0 radical (unpaired) electrons. The van der Waals surface area contributed by atoms with Crippen LogP contribution >= 0.6 is 0 Å². The van der Waals surface area contributed by atoms with Gasteiger partial charge < -0.3 is 25.4 Å². The fourth-order valence-electron chi connectivity index (χ4n) is 1.88. The number of aliphatic carboxylic acids is 1. The normalized spacial score (nSPS) is 22.1. The molecule has 0 saturated carbocycles. The Morgan fingerprint density at radius 3 is 2.63 bits per heavy atom. The second-order valence-electron chi connectivity index (χ2n) is 4.32. The van der Waals surface area contributed by atoms with E-state index in [-0.39, 0.29) is 25.2 Å². The first kappa shape index (κ1) is 13.2. The molecule has 19 heavy (non-hydrogen) atoms. The fourth-order valence-corrected chi connectivity index (χ4v) is 1.88. The Balaban J connectivity index is 2.25. The van der Waals surface area contributed by atoms with E-state index < -0.39 is 28.9 Å². The third-order valence-corrected chi connectivity index (χ3v) is 3.04. The molecule has 1 fully saturated rings. The van der Waals surface area contributed by atoms with Crippen molar-refractivity contribution in [1.29, 1.82) is 0 Å². The number of carbonyl (C=O) groups excluding carboxylic acids is 1. The number of carboxylic acid groups (broad SMARTS) is 1. The molecule has 1 aromatic carbocycles. The smallest absolute Gasteiger partial charge is 0.331 e. The Kier molecular flexibility index (Phi) is 3.30. The third kappa shape index (κ3) is 2.32. The van der Waals surface area contributed by atoms with Crippen LogP contribution < -0.4 is 5.32 Å². The number of carboxylic acids is 1. The number of hydrogen-bond acceptors (Lipinski definition) is 5. The van der Waals surface area contributed by atoms with Crippen molar-refractivity contribution in [2.75, 3.05) is 13.2 Å². The van der Waals surface area contributed by atoms with Gasteiger partial charge in [0.1, 0.15) is 0 Å². The van der Waals surface area contributed by atoms with E-state index >= 15 is 0 Å². The van der Waals surface area contributed by atoms with E-state index in [1.54, 1.807) is 0 Å². The zero-order valence-corrected chi connectivity index (χ0v) is 9.92. The number of para-hydroxylation sites is 1. The molecule has 0 bridgehead atoms. The van der Waals surface area contributed by atoms with Gasteiger partial charge in [-0.25, -0.2) is 4.79 Å². The molecule has 1 aliphatic heterocycles. The molecule has 1 aromatic rings. The lowest BCUT2D eigenvalue weighted by Gasteiger charge is -2.23. The SMILES string of the molecule is O=C(NC1(C(=O)O)CCOC1)c1cccc(O)c1O. The molecule has 1 heterocycles. The van der Waals surface area contributed by atoms with Gasteiger partial charge in [0.25, 0.3) is 5.91 Å². The molecule has 1 saturated heterocycles. The van der Waals surface area contributed by atoms with E-state index in [0.29, 0.717) is 0 Å². The first-order chi connectivity index (χ1) is 8.96. The fraction of sp³-hybridized carbons (Fsp3) is 0.333. The van der Waals surface area contributed by atoms with E-state index in [0.717, 1.165) is 0 Å². The number of nitrogens with one attached hydrogen (secondary N) is 1. The zero-order valence-electron chi connectivity index (χ0n) is 9.92. The number of phenolic OH excluding ortho intramolecular Hbond substituents is 2. The standard InChI is InChI=1S/C12H13NO6/c14-8-3-1-2-7(9(8)15)10(16)13-12(11(17)18)4-5-19-6-12/h1-3,14-15H,4-6H2,(H,13,16)(H,17,18). The second-order valence-corrected chi connectivity index (χ2v) is 4.32. The summed E-state index contributed by atoms with van der Waals surface area (Å²) in [4.78, 5) is 23.2. The number of phenols is 2. The van der Waals surface area contributed by atoms with Gasteiger partial charge in [-0.1, -0.05) is 6.07 Å². The molecule has 2 rings (SSSR count). The summed E-state index contributed by atoms with van der Waals surface area (Å²) in [5.74, 6) is -3.00. The minimum atomic E-state index is -1.49. The number of aromatic hydroxyl groups is 2. The van der Waals surface area contributed by atoms with Crippen LogP contribution in [0.15, 0.2) is 18.2 Å². The van der Waals surface area contributed by atoms with Crippen molar-refractivity contribution in [1.82, 2.24) is 5.32 Å². The van der Waals surface area contributed by atoms with Crippen molar-refractivity contribution in [3.05, 3.63) is 23.8 Å². The van der Waals surface area contributed by atoms with Gasteiger partial charge in [0.05, 0.1) is 12.2 Å². The van der Waals surface area contributed by atoms with Crippen LogP contribution in [0.5, 0.6) is 11.5 Å². The molecule has 1 atom stereocenters. The van der Waals surface area contributed by atoms with Crippen molar-refractivity contribution in [3.8, 4) is 11.5 Å². The molecule has 0 aromatic heterocycles. The second kappa shape index (κ2) is 4.77. The summed E-state index contributed by atoms with van der Waals surface area (Å²) >= 11 is 0. The third-order valence-electron chi connectivity index (χ3n) is 3.04. The molecule has 102 valence electrons. The monoisotopic (exact) mass is 267 g/mol. The Labute approximate surface area is 108 Å². The van der Waals surface area contributed by atoms with Crippen LogP contribution in [0.2, 0.25) is 0 Å². The molecule has 0 spiro atoms. The van der Waals surface area contributed by atoms with Crippen LogP contribution in [-0.2, 0) is 9.53 Å². The van der Waals surface area contributed by atoms with Crippen LogP contribution in [0.3, 0.4) is 0 Å². The van der Waals surface area contributed by atoms with E-state index in [2.05, 4.69) is 5.32 Å². The van der Waals surface area contributed by atoms with Gasteiger partial charge in [-0.2, -0.15) is 0 Å². The molecule has 7 nitrogen and oxygen atoms in total. The maximum absolute atomic E-state index is 12.0. The summed E-state index contributed by atoms with van der Waals surface area (Å²) in [5, 5.41) is 30.4. The van der Waals surface area contributed by atoms with Crippen molar-refractivity contribution >= 4 is 11.9 Å². The van der Waals surface area contributed by atoms with Gasteiger partial charge in [-0.3, -0.25) is 4.79 Å². The predicted molar refractivity (Wildman–Crippen MR) is 63.0 cm³/mol. The van der Waals surface area contributed by atoms with E-state index in [1.165, 1.54) is 18.2 Å². The summed E-state index contributed by atoms with van der Waals surface area (Å²) in [6, 6.07) is 3.88. The Morgan fingerprint density at radius 2 is 2.05 bits per heavy atom. The quantitative estimate of drug-likeness (QED) is 0.576. The van der Waals surface area contributed by atoms with Crippen LogP contribution in [0.25, 0.3) is 0 Å². The van der Waals surface area contributed by atoms with E-state index in [9.17, 15) is 24.9 Å². The summed E-state index contributed by atoms with van der Waals surface area (Å²) in [7, 11) is 0. The van der Waals surface area contributed by atoms with Gasteiger partial charge in [0.2, 0.25) is 0 Å². The van der Waals surface area contributed by atoms with Crippen LogP contribution in [0, 0.1) is 0 Å². The highest BCUT2D eigenvalue weighted by Crippen LogP contribution is 2.29. The topological polar surface area (TPSA) is 116 Å². The highest BCUT2D eigenvalue weighted by molar-refractivity contribution is 6.00. The highest BCUT2D eigenvalue weighted by Gasteiger charge is 2.44. The predicted octanol–water partition coefficient (Wildman–Crippen LogP) is 0.0713. The Bertz CT molecular complexity index is 521. The number of rotatable bonds is 3. The number of hydrogen-bond donors (Lipinski definition) is 4. The summed E-state index contributed by atoms with van der Waals surface area (Å²) < 4.78 is 5.01. The van der Waals surface area contributed by atoms with Crippen molar-refractivity contribution in [3.63, 3.8) is 0 Å². The molecule has 1 amide bonds. The lowest BCUT2D eigenvalue weighted by atomic mass is 9.98. The maximum atomic E-state index is 12.0. The highest BCUT2D eigenvalue weighted by atomic mass is 16.5. The lowest BCUT2D eigenvalue weighted by Crippen LogP contribution is -2.55. The molecule has 0 aliphatic carbocycles. The molecule has 1 aliphatic rings. The maximum Gasteiger partial charge on any atom is 0.331 e. The summed E-state index contributed by atoms with van der Waals surface area (Å²) in [5.41, 5.74) is -1.68. The number of benzene rings is 1. The Morgan fingerprint density at radius 1 is 1.32 bits per heavy atom. The minimum Gasteiger partial charge on any atom is -0.504 e. The number of ether oxygens (including phenoxy) is 1. The van der Waals surface area contributed by atoms with Gasteiger partial charge in [0.15, 0.2) is 17.0 Å². The zero-order chi connectivity index (χ0) is 14.0. The summed E-state index contributed by atoms with van der Waals surface area (Å²) in [6.07, 6.45) is 0.146. The van der Waals surface area contributed by atoms with Crippen molar-refractivity contribution in [2.24, 2.45) is 0 Å². The van der Waals surface area contributed by atoms with Gasteiger partial charge >= 0.3 is 5.97 Å². The lowest BCUT2D eigenvalue weighted by molar-refractivity contribution is -0.144. The summed E-state index contributed by atoms with van der Waals surface area (Å²) in [6.45, 7) is 0.103.